The molecule has 4 aromatic heterocycles. The molecular weight excluding hydrogens is 429 g/mol. The number of aromatic nitrogens is 5. The zero-order chi connectivity index (χ0) is 22.8. The van der Waals surface area contributed by atoms with Gasteiger partial charge < -0.3 is 4.42 Å². The summed E-state index contributed by atoms with van der Waals surface area (Å²) in [5.41, 5.74) is 2.84. The van der Waals surface area contributed by atoms with E-state index in [9.17, 15) is 4.39 Å². The first-order chi connectivity index (χ1) is 16.6. The van der Waals surface area contributed by atoms with Gasteiger partial charge in [0.1, 0.15) is 23.0 Å². The van der Waals surface area contributed by atoms with E-state index in [1.807, 2.05) is 6.07 Å². The second kappa shape index (κ2) is 7.72. The van der Waals surface area contributed by atoms with Crippen LogP contribution in [0.25, 0.3) is 34.0 Å². The van der Waals surface area contributed by atoms with Crippen LogP contribution in [0, 0.1) is 29.5 Å². The fourth-order valence-electron chi connectivity index (χ4n) is 6.43. The maximum Gasteiger partial charge on any atom is 0.181 e. The lowest BCUT2D eigenvalue weighted by atomic mass is 9.58. The zero-order valence-electron chi connectivity index (χ0n) is 19.3. The third-order valence-electron chi connectivity index (χ3n) is 8.52. The van der Waals surface area contributed by atoms with Gasteiger partial charge in [0.05, 0.1) is 11.6 Å². The highest BCUT2D eigenvalue weighted by atomic mass is 19.1. The number of nitrogens with one attached hydrogen (secondary N) is 1. The van der Waals surface area contributed by atoms with E-state index in [2.05, 4.69) is 34.2 Å². The first-order valence-electron chi connectivity index (χ1n) is 12.6. The molecule has 2 unspecified atom stereocenters. The van der Waals surface area contributed by atoms with E-state index < -0.39 is 5.82 Å². The second-order valence-electron chi connectivity index (χ2n) is 10.6. The Hall–Kier alpha value is -3.09. The molecule has 174 valence electrons. The topological polar surface area (TPSA) is 80.5 Å². The lowest BCUT2D eigenvalue weighted by Crippen LogP contribution is -2.39. The Bertz CT molecular complexity index is 1360. The first kappa shape index (κ1) is 20.3. The molecule has 4 aliphatic carbocycles. The van der Waals surface area contributed by atoms with Crippen molar-refractivity contribution in [3.8, 4) is 23.0 Å². The molecule has 2 atom stereocenters. The summed E-state index contributed by atoms with van der Waals surface area (Å²) in [4.78, 5) is 13.9. The first-order valence-corrected chi connectivity index (χ1v) is 12.6. The van der Waals surface area contributed by atoms with Crippen molar-refractivity contribution in [1.82, 2.24) is 25.1 Å². The molecule has 6 nitrogen and oxygen atoms in total. The second-order valence-corrected chi connectivity index (χ2v) is 10.6. The molecule has 0 aliphatic heterocycles. The van der Waals surface area contributed by atoms with Crippen LogP contribution in [0.15, 0.2) is 34.9 Å². The molecule has 4 aliphatic rings. The number of hydrogen-bond donors (Lipinski definition) is 1. The number of rotatable bonds is 5. The maximum atomic E-state index is 14.0. The monoisotopic (exact) mass is 457 g/mol. The highest BCUT2D eigenvalue weighted by Gasteiger charge is 2.41. The molecule has 34 heavy (non-hydrogen) atoms. The number of aromatic amines is 1. The van der Waals surface area contributed by atoms with E-state index in [1.165, 1.54) is 50.8 Å². The number of nitrogens with zero attached hydrogens (tertiary/aromatic N) is 4. The Morgan fingerprint density at radius 3 is 2.65 bits per heavy atom. The minimum atomic E-state index is -0.404. The Morgan fingerprint density at radius 1 is 1.03 bits per heavy atom. The molecule has 0 aromatic carbocycles. The normalized spacial score (nSPS) is 26.4. The standard InChI is InChI=1S/C27H28FN5O/c1-14-15-2-4-16(5-3-15)20(14)11-19-12-22(24-9-8-23(34-24)17-6-7-17)31-27(30-19)25-21-10-18(28)13-29-26(21)33-32-25/h8-10,12-17,20H,2-7,11H2,1H3,(H,29,32,33). The molecule has 0 saturated heterocycles. The Kier molecular flexibility index (Phi) is 4.61. The van der Waals surface area contributed by atoms with Crippen LogP contribution >= 0.6 is 0 Å². The van der Waals surface area contributed by atoms with Gasteiger partial charge in [-0.3, -0.25) is 5.10 Å². The third-order valence-corrected chi connectivity index (χ3v) is 8.52. The van der Waals surface area contributed by atoms with Crippen molar-refractivity contribution < 1.29 is 8.81 Å². The van der Waals surface area contributed by atoms with Crippen LogP contribution in [-0.2, 0) is 6.42 Å². The van der Waals surface area contributed by atoms with Gasteiger partial charge in [-0.25, -0.2) is 19.3 Å². The molecule has 7 heteroatoms. The summed E-state index contributed by atoms with van der Waals surface area (Å²) >= 11 is 0. The van der Waals surface area contributed by atoms with E-state index in [0.717, 1.165) is 41.2 Å². The van der Waals surface area contributed by atoms with Gasteiger partial charge in [0, 0.05) is 11.6 Å². The van der Waals surface area contributed by atoms with Crippen molar-refractivity contribution >= 4 is 11.0 Å². The Labute approximate surface area is 197 Å². The average Bonchev–Trinajstić information content (AvgIpc) is 3.43. The van der Waals surface area contributed by atoms with Crippen LogP contribution in [0.3, 0.4) is 0 Å². The van der Waals surface area contributed by atoms with E-state index in [1.54, 1.807) is 0 Å². The summed E-state index contributed by atoms with van der Waals surface area (Å²) in [6.45, 7) is 2.43. The molecule has 8 rings (SSSR count). The van der Waals surface area contributed by atoms with Gasteiger partial charge in [0.2, 0.25) is 0 Å². The molecule has 0 spiro atoms. The highest BCUT2D eigenvalue weighted by molar-refractivity contribution is 5.88. The summed E-state index contributed by atoms with van der Waals surface area (Å²) in [7, 11) is 0. The minimum Gasteiger partial charge on any atom is -0.459 e. The number of fused-ring (bicyclic) bond motifs is 4. The SMILES string of the molecule is CC1C2CCC(CC2)C1Cc1cc(-c2ccc(C3CC3)o2)nc(-c2[nH]nc3ncc(F)cc23)n1. The van der Waals surface area contributed by atoms with Crippen LogP contribution in [0.5, 0.6) is 0 Å². The summed E-state index contributed by atoms with van der Waals surface area (Å²) in [6, 6.07) is 7.62. The van der Waals surface area contributed by atoms with Crippen LogP contribution in [0.2, 0.25) is 0 Å². The highest BCUT2D eigenvalue weighted by Crippen LogP contribution is 2.50. The quantitative estimate of drug-likeness (QED) is 0.380. The van der Waals surface area contributed by atoms with Gasteiger partial charge in [-0.1, -0.05) is 6.92 Å². The molecular formula is C27H28FN5O. The van der Waals surface area contributed by atoms with Gasteiger partial charge in [-0.15, -0.1) is 0 Å². The molecule has 4 aromatic rings. The van der Waals surface area contributed by atoms with Crippen molar-refractivity contribution in [1.29, 1.82) is 0 Å². The van der Waals surface area contributed by atoms with Crippen LogP contribution < -0.4 is 0 Å². The van der Waals surface area contributed by atoms with E-state index >= 15 is 0 Å². The number of pyridine rings is 1. The van der Waals surface area contributed by atoms with E-state index in [4.69, 9.17) is 14.4 Å². The van der Waals surface area contributed by atoms with Crippen LogP contribution in [0.4, 0.5) is 4.39 Å². The number of hydrogen-bond acceptors (Lipinski definition) is 5. The largest absolute Gasteiger partial charge is 0.459 e. The number of furan rings is 1. The van der Waals surface area contributed by atoms with Crippen molar-refractivity contribution in [2.75, 3.05) is 0 Å². The summed E-state index contributed by atoms with van der Waals surface area (Å²) in [6.07, 6.45) is 9.90. The van der Waals surface area contributed by atoms with Crippen molar-refractivity contribution in [3.63, 3.8) is 0 Å². The molecule has 4 heterocycles. The molecule has 4 fully saturated rings. The van der Waals surface area contributed by atoms with Gasteiger partial charge in [-0.05, 0) is 92.9 Å². The van der Waals surface area contributed by atoms with Crippen molar-refractivity contribution in [2.45, 2.75) is 57.8 Å². The smallest absolute Gasteiger partial charge is 0.181 e. The average molecular weight is 458 g/mol. The van der Waals surface area contributed by atoms with Crippen molar-refractivity contribution in [2.24, 2.45) is 23.7 Å². The fraction of sp³-hybridized carbons (Fsp3) is 0.481. The number of H-pyrrole nitrogens is 1. The van der Waals surface area contributed by atoms with Crippen molar-refractivity contribution in [3.05, 3.63) is 47.7 Å². The molecule has 2 bridgehead atoms. The predicted octanol–water partition coefficient (Wildman–Crippen LogP) is 6.31. The van der Waals surface area contributed by atoms with Gasteiger partial charge >= 0.3 is 0 Å². The Morgan fingerprint density at radius 2 is 1.85 bits per heavy atom. The van der Waals surface area contributed by atoms with Crippen LogP contribution in [-0.4, -0.2) is 25.1 Å². The van der Waals surface area contributed by atoms with Gasteiger partial charge in [-0.2, -0.15) is 5.10 Å². The van der Waals surface area contributed by atoms with Gasteiger partial charge in [0.25, 0.3) is 0 Å². The summed E-state index contributed by atoms with van der Waals surface area (Å²) < 4.78 is 20.2. The fourth-order valence-corrected chi connectivity index (χ4v) is 6.43. The predicted molar refractivity (Wildman–Crippen MR) is 126 cm³/mol. The Balaban J connectivity index is 1.32. The molecule has 1 N–H and O–H groups in total. The third kappa shape index (κ3) is 3.44. The van der Waals surface area contributed by atoms with Crippen LogP contribution in [0.1, 0.15) is 62.8 Å². The molecule has 0 radical (unpaired) electrons. The lowest BCUT2D eigenvalue weighted by Gasteiger charge is -2.47. The number of halogens is 1. The van der Waals surface area contributed by atoms with E-state index in [-0.39, 0.29) is 0 Å². The maximum absolute atomic E-state index is 14.0. The molecule has 0 amide bonds. The summed E-state index contributed by atoms with van der Waals surface area (Å²) in [5.74, 6) is 5.42. The van der Waals surface area contributed by atoms with Gasteiger partial charge in [0.15, 0.2) is 17.2 Å². The zero-order valence-corrected chi connectivity index (χ0v) is 19.3. The minimum absolute atomic E-state index is 0.404. The summed E-state index contributed by atoms with van der Waals surface area (Å²) in [5, 5.41) is 7.85. The van der Waals surface area contributed by atoms with E-state index in [0.29, 0.717) is 40.3 Å². The molecule has 4 saturated carbocycles. The lowest BCUT2D eigenvalue weighted by molar-refractivity contribution is 0.0339.